The van der Waals surface area contributed by atoms with Crippen molar-refractivity contribution in [2.75, 3.05) is 0 Å². The van der Waals surface area contributed by atoms with Crippen LogP contribution in [0.2, 0.25) is 0 Å². The highest BCUT2D eigenvalue weighted by molar-refractivity contribution is 7.75. The molecular weight excluding hydrogens is 188 g/mol. The highest BCUT2D eigenvalue weighted by Gasteiger charge is 2.40. The Morgan fingerprint density at radius 3 is 2.00 bits per heavy atom. The largest absolute Gasteiger partial charge is 0.425 e. The minimum atomic E-state index is -5.05. The average molecular weight is 190 g/mol. The lowest BCUT2D eigenvalue weighted by Gasteiger charge is -2.05. The number of alkyl halides is 3. The zero-order chi connectivity index (χ0) is 9.07. The highest BCUT2D eigenvalue weighted by Crippen LogP contribution is 2.26. The predicted octanol–water partition coefficient (Wildman–Crippen LogP) is 1.79. The van der Waals surface area contributed by atoms with Gasteiger partial charge >= 0.3 is 12.1 Å². The Kier molecular flexibility index (Phi) is 3.37. The quantitative estimate of drug-likeness (QED) is 0.295. The van der Waals surface area contributed by atoms with Crippen molar-refractivity contribution in [3.05, 3.63) is 11.9 Å². The van der Waals surface area contributed by atoms with E-state index in [1.165, 1.54) is 0 Å². The van der Waals surface area contributed by atoms with Gasteiger partial charge in [0.25, 0.3) is 0 Å². The van der Waals surface area contributed by atoms with E-state index in [0.717, 1.165) is 0 Å². The fourth-order valence-electron chi connectivity index (χ4n) is 0.271. The van der Waals surface area contributed by atoms with Gasteiger partial charge in [0.2, 0.25) is 0 Å². The molecule has 0 atom stereocenters. The van der Waals surface area contributed by atoms with Crippen molar-refractivity contribution in [2.45, 2.75) is 6.18 Å². The van der Waals surface area contributed by atoms with E-state index in [-0.39, 0.29) is 0 Å². The minimum absolute atomic E-state index is 0.876. The van der Waals surface area contributed by atoms with Gasteiger partial charge in [0.05, 0.1) is 0 Å². The Labute approximate surface area is 64.4 Å². The van der Waals surface area contributed by atoms with Crippen LogP contribution in [0.3, 0.4) is 0 Å². The maximum absolute atomic E-state index is 11.5. The molecule has 0 heterocycles. The molecule has 0 aliphatic heterocycles. The fraction of sp³-hybridized carbons (Fsp3) is 0.250. The molecule has 0 rings (SSSR count). The Hall–Kier alpha value is -0.720. The van der Waals surface area contributed by atoms with Crippen LogP contribution >= 0.6 is 12.9 Å². The van der Waals surface area contributed by atoms with Gasteiger partial charge in [0.15, 0.2) is 5.57 Å². The first-order valence-corrected chi connectivity index (χ1v) is 2.53. The van der Waals surface area contributed by atoms with E-state index in [9.17, 15) is 22.4 Å². The van der Waals surface area contributed by atoms with Gasteiger partial charge in [-0.05, 0) is 0 Å². The zero-order valence-electron chi connectivity index (χ0n) is 4.85. The van der Waals surface area contributed by atoms with Crippen LogP contribution in [0, 0.1) is 0 Å². The van der Waals surface area contributed by atoms with E-state index < -0.39 is 24.0 Å². The Morgan fingerprint density at radius 1 is 1.45 bits per heavy atom. The summed E-state index contributed by atoms with van der Waals surface area (Å²) in [5, 5.41) is 0. The molecule has 2 nitrogen and oxygen atoms in total. The molecule has 7 heteroatoms. The van der Waals surface area contributed by atoms with Gasteiger partial charge in [-0.25, -0.2) is 9.18 Å². The maximum atomic E-state index is 11.5. The molecular formula is C4H2F4O2S. The highest BCUT2D eigenvalue weighted by atomic mass is 32.1. The van der Waals surface area contributed by atoms with E-state index in [0.29, 0.717) is 0 Å². The summed E-state index contributed by atoms with van der Waals surface area (Å²) in [5.74, 6) is -1.87. The molecule has 0 aliphatic rings. The van der Waals surface area contributed by atoms with Crippen LogP contribution in [-0.4, -0.2) is 12.1 Å². The first-order valence-electron chi connectivity index (χ1n) is 2.16. The molecule has 64 valence electrons. The van der Waals surface area contributed by atoms with Crippen LogP contribution in [-0.2, 0) is 8.98 Å². The Morgan fingerprint density at radius 2 is 1.91 bits per heavy atom. The van der Waals surface area contributed by atoms with Crippen LogP contribution in [0.25, 0.3) is 0 Å². The Balaban J connectivity index is 4.58. The molecule has 0 saturated carbocycles. The smallest absolute Gasteiger partial charge is 0.391 e. The lowest BCUT2D eigenvalue weighted by molar-refractivity contribution is -0.141. The van der Waals surface area contributed by atoms with Gasteiger partial charge in [0.1, 0.15) is 6.33 Å². The topological polar surface area (TPSA) is 26.3 Å². The molecule has 0 amide bonds. The predicted molar refractivity (Wildman–Crippen MR) is 30.3 cm³/mol. The SMILES string of the molecule is O=C(OS)/C(=C/F)C(F)(F)F. The van der Waals surface area contributed by atoms with E-state index >= 15 is 0 Å². The first-order chi connectivity index (χ1) is 4.93. The lowest BCUT2D eigenvalue weighted by Crippen LogP contribution is -2.19. The van der Waals surface area contributed by atoms with E-state index in [2.05, 4.69) is 17.1 Å². The molecule has 0 aromatic heterocycles. The van der Waals surface area contributed by atoms with Gasteiger partial charge in [0, 0.05) is 12.9 Å². The van der Waals surface area contributed by atoms with Gasteiger partial charge < -0.3 is 4.18 Å². The number of carbonyl (C=O) groups is 1. The molecule has 0 aromatic rings. The summed E-state index contributed by atoms with van der Waals surface area (Å²) >= 11 is 2.78. The fourth-order valence-corrected chi connectivity index (χ4v) is 0.370. The van der Waals surface area contributed by atoms with Crippen LogP contribution in [0.15, 0.2) is 11.9 Å². The molecule has 0 aliphatic carbocycles. The number of carbonyl (C=O) groups excluding carboxylic acids is 1. The molecule has 0 unspecified atom stereocenters. The van der Waals surface area contributed by atoms with Crippen LogP contribution in [0.1, 0.15) is 0 Å². The second kappa shape index (κ2) is 3.61. The van der Waals surface area contributed by atoms with E-state index in [1.807, 2.05) is 0 Å². The van der Waals surface area contributed by atoms with Crippen molar-refractivity contribution >= 4 is 18.9 Å². The molecule has 11 heavy (non-hydrogen) atoms. The number of hydrogen-bond donors (Lipinski definition) is 1. The maximum Gasteiger partial charge on any atom is 0.425 e. The molecule has 0 aromatic carbocycles. The van der Waals surface area contributed by atoms with E-state index in [4.69, 9.17) is 0 Å². The zero-order valence-corrected chi connectivity index (χ0v) is 5.75. The standard InChI is InChI=1S/C4H2F4O2S/c5-1-2(3(9)10-11)4(6,7)8/h1,11H/b2-1-. The Bertz CT molecular complexity index is 185. The van der Waals surface area contributed by atoms with Crippen molar-refractivity contribution in [1.29, 1.82) is 0 Å². The van der Waals surface area contributed by atoms with Gasteiger partial charge in [-0.15, -0.1) is 0 Å². The molecule has 0 N–H and O–H groups in total. The number of halogens is 4. The van der Waals surface area contributed by atoms with E-state index in [1.54, 1.807) is 0 Å². The minimum Gasteiger partial charge on any atom is -0.391 e. The summed E-state index contributed by atoms with van der Waals surface area (Å²) in [7, 11) is 0. The van der Waals surface area contributed by atoms with Crippen molar-refractivity contribution in [3.63, 3.8) is 0 Å². The van der Waals surface area contributed by atoms with Crippen molar-refractivity contribution in [2.24, 2.45) is 0 Å². The second-order valence-electron chi connectivity index (χ2n) is 1.40. The van der Waals surface area contributed by atoms with Crippen LogP contribution in [0.4, 0.5) is 17.6 Å². The lowest BCUT2D eigenvalue weighted by atomic mass is 10.3. The number of thiol groups is 1. The summed E-state index contributed by atoms with van der Waals surface area (Å²) in [6, 6.07) is 0. The molecule has 0 bridgehead atoms. The molecule has 0 saturated heterocycles. The van der Waals surface area contributed by atoms with Gasteiger partial charge in [-0.3, -0.25) is 0 Å². The van der Waals surface area contributed by atoms with Gasteiger partial charge in [-0.1, -0.05) is 0 Å². The first kappa shape index (κ1) is 10.3. The van der Waals surface area contributed by atoms with Crippen molar-refractivity contribution in [1.82, 2.24) is 0 Å². The number of rotatable bonds is 1. The monoisotopic (exact) mass is 190 g/mol. The normalized spacial score (nSPS) is 13.0. The van der Waals surface area contributed by atoms with Crippen molar-refractivity contribution in [3.8, 4) is 0 Å². The third-order valence-electron chi connectivity index (χ3n) is 0.717. The average Bonchev–Trinajstić information content (AvgIpc) is 1.86. The molecule has 0 fully saturated rings. The third kappa shape index (κ3) is 2.79. The third-order valence-corrected chi connectivity index (χ3v) is 0.883. The summed E-state index contributed by atoms with van der Waals surface area (Å²) in [6.45, 7) is 0. The second-order valence-corrected chi connectivity index (χ2v) is 1.58. The van der Waals surface area contributed by atoms with Crippen LogP contribution < -0.4 is 0 Å². The molecule has 0 spiro atoms. The van der Waals surface area contributed by atoms with Crippen molar-refractivity contribution < 1.29 is 26.5 Å². The van der Waals surface area contributed by atoms with Crippen LogP contribution in [0.5, 0.6) is 0 Å². The summed E-state index contributed by atoms with van der Waals surface area (Å²) in [4.78, 5) is 10.1. The molecule has 0 radical (unpaired) electrons. The summed E-state index contributed by atoms with van der Waals surface area (Å²) < 4.78 is 49.3. The summed E-state index contributed by atoms with van der Waals surface area (Å²) in [6.07, 6.45) is -5.92. The number of hydrogen-bond acceptors (Lipinski definition) is 3. The summed E-state index contributed by atoms with van der Waals surface area (Å²) in [5.41, 5.74) is -2.02. The van der Waals surface area contributed by atoms with Gasteiger partial charge in [-0.2, -0.15) is 13.2 Å².